The average molecular weight is 403 g/mol. The summed E-state index contributed by atoms with van der Waals surface area (Å²) in [5.41, 5.74) is 4.84. The molecule has 3 heteroatoms. The molecule has 1 fully saturated rings. The molecule has 2 atom stereocenters. The fourth-order valence-electron chi connectivity index (χ4n) is 4.79. The third kappa shape index (κ3) is 4.35. The molecular formula is C23H36NSiTi. The Bertz CT molecular complexity index is 671. The molecule has 1 saturated carbocycles. The van der Waals surface area contributed by atoms with E-state index >= 15 is 0 Å². The molecule has 0 heterocycles. The zero-order valence-corrected chi connectivity index (χ0v) is 20.1. The van der Waals surface area contributed by atoms with Crippen LogP contribution >= 0.6 is 0 Å². The Morgan fingerprint density at radius 3 is 2.08 bits per heavy atom. The molecule has 0 saturated heterocycles. The molecule has 0 radical (unpaired) electrons. The van der Waals surface area contributed by atoms with Gasteiger partial charge in [0.25, 0.3) is 0 Å². The Kier molecular flexibility index (Phi) is 7.19. The van der Waals surface area contributed by atoms with Gasteiger partial charge in [0.1, 0.15) is 0 Å². The second kappa shape index (κ2) is 9.19. The van der Waals surface area contributed by atoms with Gasteiger partial charge >= 0.3 is 169 Å². The van der Waals surface area contributed by atoms with E-state index in [1.807, 2.05) is 3.88 Å². The van der Waals surface area contributed by atoms with E-state index in [-0.39, 0.29) is 0 Å². The van der Waals surface area contributed by atoms with Crippen LogP contribution in [0.1, 0.15) is 66.2 Å². The summed E-state index contributed by atoms with van der Waals surface area (Å²) in [4.78, 5) is 0. The van der Waals surface area contributed by atoms with Crippen molar-refractivity contribution in [3.05, 3.63) is 50.9 Å². The zero-order valence-electron chi connectivity index (χ0n) is 17.4. The molecule has 0 aliphatic heterocycles. The van der Waals surface area contributed by atoms with Crippen molar-refractivity contribution < 1.29 is 17.4 Å². The first-order valence-electron chi connectivity index (χ1n) is 10.6. The molecule has 2 unspecified atom stereocenters. The third-order valence-electron chi connectivity index (χ3n) is 6.88. The van der Waals surface area contributed by atoms with Crippen LogP contribution in [0.5, 0.6) is 0 Å². The van der Waals surface area contributed by atoms with E-state index in [4.69, 9.17) is 0 Å². The second-order valence-corrected chi connectivity index (χ2v) is 19.6. The van der Waals surface area contributed by atoms with Crippen molar-refractivity contribution >= 4 is 11.8 Å². The van der Waals surface area contributed by atoms with Crippen molar-refractivity contribution in [1.29, 1.82) is 0 Å². The maximum absolute atomic E-state index is 4.38. The summed E-state index contributed by atoms with van der Waals surface area (Å²) in [5, 5.41) is 1.67. The molecule has 2 aliphatic carbocycles. The molecule has 1 nitrogen and oxygen atoms in total. The van der Waals surface area contributed by atoms with E-state index in [0.717, 1.165) is 6.04 Å². The van der Waals surface area contributed by atoms with Crippen LogP contribution in [0, 0.1) is 5.92 Å². The fraction of sp³-hybridized carbons (Fsp3) is 0.565. The Labute approximate surface area is 168 Å². The van der Waals surface area contributed by atoms with Gasteiger partial charge in [-0.25, -0.2) is 0 Å². The van der Waals surface area contributed by atoms with Crippen LogP contribution < -0.4 is 8.99 Å². The van der Waals surface area contributed by atoms with Crippen LogP contribution in [0.3, 0.4) is 0 Å². The maximum atomic E-state index is 4.38. The van der Waals surface area contributed by atoms with Gasteiger partial charge in [-0.1, -0.05) is 0 Å². The van der Waals surface area contributed by atoms with Gasteiger partial charge < -0.3 is 0 Å². The summed E-state index contributed by atoms with van der Waals surface area (Å²) in [6.45, 7) is 11.3. The third-order valence-corrected chi connectivity index (χ3v) is 20.0. The van der Waals surface area contributed by atoms with Crippen molar-refractivity contribution in [2.75, 3.05) is 0 Å². The van der Waals surface area contributed by atoms with Crippen molar-refractivity contribution in [2.45, 2.75) is 78.8 Å². The molecule has 26 heavy (non-hydrogen) atoms. The monoisotopic (exact) mass is 402 g/mol. The summed E-state index contributed by atoms with van der Waals surface area (Å²) in [6.07, 6.45) is 8.54. The van der Waals surface area contributed by atoms with Gasteiger partial charge in [0.2, 0.25) is 0 Å². The molecule has 2 aliphatic rings. The van der Waals surface area contributed by atoms with Crippen LogP contribution in [0.15, 0.2) is 50.9 Å². The Balaban J connectivity index is 1.91. The average Bonchev–Trinajstić information content (AvgIpc) is 2.87. The fourth-order valence-corrected chi connectivity index (χ4v) is 18.7. The first kappa shape index (κ1) is 20.3. The normalized spacial score (nSPS) is 23.3. The van der Waals surface area contributed by atoms with Crippen molar-refractivity contribution in [3.8, 4) is 0 Å². The van der Waals surface area contributed by atoms with Crippen molar-refractivity contribution in [2.24, 2.45) is 5.92 Å². The van der Waals surface area contributed by atoms with Crippen LogP contribution in [-0.2, 0) is 17.4 Å². The Morgan fingerprint density at radius 2 is 1.54 bits per heavy atom. The Morgan fingerprint density at radius 1 is 0.923 bits per heavy atom. The number of rotatable bonds is 5. The summed E-state index contributed by atoms with van der Waals surface area (Å²) in [6, 6.07) is 12.2. The van der Waals surface area contributed by atoms with Gasteiger partial charge in [0.15, 0.2) is 0 Å². The second-order valence-electron chi connectivity index (χ2n) is 8.45. The summed E-state index contributed by atoms with van der Waals surface area (Å²) in [5.74, 6) is 0.668. The molecule has 1 N–H and O–H groups in total. The van der Waals surface area contributed by atoms with Gasteiger partial charge in [0.05, 0.1) is 0 Å². The summed E-state index contributed by atoms with van der Waals surface area (Å²) >= 11 is -1.51. The van der Waals surface area contributed by atoms with Crippen molar-refractivity contribution in [3.63, 3.8) is 0 Å². The van der Waals surface area contributed by atoms with Gasteiger partial charge in [-0.05, 0) is 0 Å². The molecule has 0 amide bonds. The number of hydrogen-bond donors (Lipinski definition) is 1. The molecule has 0 bridgehead atoms. The summed E-state index contributed by atoms with van der Waals surface area (Å²) < 4.78 is 6.25. The van der Waals surface area contributed by atoms with Crippen LogP contribution in [-0.4, -0.2) is 12.7 Å². The van der Waals surface area contributed by atoms with Gasteiger partial charge in [0, 0.05) is 0 Å². The molecule has 141 valence electrons. The molecule has 3 rings (SSSR count). The minimum atomic E-state index is -1.51. The molecular weight excluding hydrogens is 366 g/mol. The zero-order chi connectivity index (χ0) is 18.7. The quantitative estimate of drug-likeness (QED) is 0.517. The Hall–Kier alpha value is -0.409. The van der Waals surface area contributed by atoms with E-state index in [1.165, 1.54) is 38.5 Å². The van der Waals surface area contributed by atoms with E-state index < -0.39 is 24.0 Å². The topological polar surface area (TPSA) is 12.0 Å². The number of benzene rings is 1. The number of nitrogens with one attached hydrogen (secondary N) is 1. The predicted molar refractivity (Wildman–Crippen MR) is 114 cm³/mol. The molecule has 1 aromatic rings. The molecule has 1 aromatic carbocycles. The first-order valence-corrected chi connectivity index (χ1v) is 17.2. The number of allylic oxidation sites excluding steroid dienone is 4. The SMILES string of the molecule is CC1=C(C)C(C)[C]([Ti]([NH]C2CCCCCC2)[SiH](C)c2ccccc2)=C1C. The van der Waals surface area contributed by atoms with E-state index in [2.05, 4.69) is 68.4 Å². The van der Waals surface area contributed by atoms with E-state index in [1.54, 1.807) is 21.9 Å². The molecule has 0 aromatic heterocycles. The minimum absolute atomic E-state index is 0.668. The number of hydrogen-bond acceptors (Lipinski definition) is 1. The van der Waals surface area contributed by atoms with Gasteiger partial charge in [-0.2, -0.15) is 0 Å². The van der Waals surface area contributed by atoms with Crippen LogP contribution in [0.4, 0.5) is 0 Å². The van der Waals surface area contributed by atoms with Crippen molar-refractivity contribution in [1.82, 2.24) is 3.80 Å². The van der Waals surface area contributed by atoms with E-state index in [0.29, 0.717) is 5.92 Å². The van der Waals surface area contributed by atoms with Crippen LogP contribution in [0.2, 0.25) is 6.55 Å². The predicted octanol–water partition coefficient (Wildman–Crippen LogP) is 5.35. The standard InChI is InChI=1S/C9H13.C7H14N.C7H9Si.Ti/c1-6-5-7(2)9(4)8(6)3;8-7-5-3-1-2-4-6-7;1-8-7-5-3-2-4-6-7;/h6H,1-4H3;7-8H,1-6H2;2-6,8H,1H3;/q;-1;;+1. The van der Waals surface area contributed by atoms with Gasteiger partial charge in [-0.15, -0.1) is 0 Å². The van der Waals surface area contributed by atoms with E-state index in [9.17, 15) is 0 Å². The van der Waals surface area contributed by atoms with Gasteiger partial charge in [-0.3, -0.25) is 0 Å². The van der Waals surface area contributed by atoms with Crippen LogP contribution in [0.25, 0.3) is 0 Å². The summed E-state index contributed by atoms with van der Waals surface area (Å²) in [7, 11) is 0. The first-order chi connectivity index (χ1) is 12.5. The molecule has 0 spiro atoms.